The number of aromatic nitrogens is 3. The summed E-state index contributed by atoms with van der Waals surface area (Å²) in [6.45, 7) is 23.9. The Bertz CT molecular complexity index is 3680. The number of ether oxygens (including phenoxy) is 5. The average Bonchev–Trinajstić information content (AvgIpc) is 1.75. The first kappa shape index (κ1) is 80.8. The number of rotatable bonds is 21. The molecule has 0 radical (unpaired) electrons. The molecule has 15 atom stereocenters. The van der Waals surface area contributed by atoms with Crippen LogP contribution in [0.3, 0.4) is 0 Å². The number of aliphatic hydroxyl groups excluding tert-OH is 3. The number of carbonyl (C=O) groups is 5. The summed E-state index contributed by atoms with van der Waals surface area (Å²) in [6, 6.07) is 9.05. The molecule has 568 valence electrons. The second-order valence-corrected chi connectivity index (χ2v) is 31.6. The minimum atomic E-state index is -2.37. The molecule has 4 aromatic rings. The highest BCUT2D eigenvalue weighted by atomic mass is 32.2. The number of benzene rings is 1. The van der Waals surface area contributed by atoms with Gasteiger partial charge in [-0.15, -0.1) is 0 Å². The van der Waals surface area contributed by atoms with Gasteiger partial charge in [0.05, 0.1) is 30.5 Å². The van der Waals surface area contributed by atoms with E-state index in [4.69, 9.17) is 28.7 Å². The first-order valence-electron chi connectivity index (χ1n) is 37.5. The number of pyridine rings is 2. The molecule has 2 bridgehead atoms. The molecule has 4 fully saturated rings. The van der Waals surface area contributed by atoms with E-state index >= 15 is 0 Å². The molecule has 1 aromatic carbocycles. The summed E-state index contributed by atoms with van der Waals surface area (Å²) in [5, 5.41) is 54.3. The van der Waals surface area contributed by atoms with Gasteiger partial charge in [-0.25, -0.2) is 9.78 Å². The van der Waals surface area contributed by atoms with Gasteiger partial charge >= 0.3 is 5.97 Å². The predicted molar refractivity (Wildman–Crippen MR) is 400 cm³/mol. The van der Waals surface area contributed by atoms with Crippen molar-refractivity contribution < 1.29 is 68.1 Å². The number of nitrogens with one attached hydrogen (secondary N) is 3. The molecule has 1 aliphatic carbocycles. The molecule has 4 aliphatic heterocycles. The fourth-order valence-electron chi connectivity index (χ4n) is 16.2. The summed E-state index contributed by atoms with van der Waals surface area (Å²) < 4.78 is 32.7. The van der Waals surface area contributed by atoms with Crippen LogP contribution in [-0.2, 0) is 49.4 Å². The second kappa shape index (κ2) is 36.8. The van der Waals surface area contributed by atoms with Crippen LogP contribution < -0.4 is 21.1 Å². The van der Waals surface area contributed by atoms with Crippen molar-refractivity contribution in [1.29, 1.82) is 0 Å². The van der Waals surface area contributed by atoms with Crippen LogP contribution in [0.25, 0.3) is 22.0 Å². The Kier molecular flexibility index (Phi) is 28.9. The van der Waals surface area contributed by atoms with Crippen molar-refractivity contribution in [2.45, 2.75) is 226 Å². The molecule has 5 aliphatic rings. The van der Waals surface area contributed by atoms with Crippen molar-refractivity contribution in [2.24, 2.45) is 29.6 Å². The number of piperazine rings is 1. The molecule has 7 heterocycles. The van der Waals surface area contributed by atoms with Gasteiger partial charge in [-0.05, 0) is 189 Å². The third-order valence-corrected chi connectivity index (χ3v) is 23.3. The second-order valence-electron chi connectivity index (χ2n) is 30.4. The topological polar surface area (TPSA) is 297 Å². The largest absolute Gasteiger partial charge is 0.456 e. The Morgan fingerprint density at radius 3 is 2.25 bits per heavy atom. The number of hydrogen-bond donors (Lipinski definition) is 7. The minimum Gasteiger partial charge on any atom is -0.456 e. The highest BCUT2D eigenvalue weighted by Crippen LogP contribution is 2.42. The number of hydrogen-bond acceptors (Lipinski definition) is 19. The maximum Gasteiger partial charge on any atom is 0.329 e. The monoisotopic (exact) mass is 1450 g/mol. The van der Waals surface area contributed by atoms with E-state index in [0.29, 0.717) is 106 Å². The lowest BCUT2D eigenvalue weighted by Gasteiger charge is -2.49. The van der Waals surface area contributed by atoms with Gasteiger partial charge in [0, 0.05) is 162 Å². The summed E-state index contributed by atoms with van der Waals surface area (Å²) in [5.74, 6) is -4.46. The first-order valence-corrected chi connectivity index (χ1v) is 38.6. The van der Waals surface area contributed by atoms with Gasteiger partial charge < -0.3 is 74.1 Å². The van der Waals surface area contributed by atoms with E-state index in [1.54, 1.807) is 46.9 Å². The van der Waals surface area contributed by atoms with Crippen molar-refractivity contribution in [3.63, 3.8) is 0 Å². The van der Waals surface area contributed by atoms with Crippen molar-refractivity contribution >= 4 is 58.0 Å². The highest BCUT2D eigenvalue weighted by molar-refractivity contribution is 7.99. The van der Waals surface area contributed by atoms with Gasteiger partial charge in [0.25, 0.3) is 17.4 Å². The van der Waals surface area contributed by atoms with Gasteiger partial charge in [-0.2, -0.15) is 11.8 Å². The van der Waals surface area contributed by atoms with Gasteiger partial charge in [0.1, 0.15) is 29.9 Å². The van der Waals surface area contributed by atoms with Crippen molar-refractivity contribution in [2.75, 3.05) is 83.5 Å². The lowest BCUT2D eigenvalue weighted by atomic mass is 9.81. The maximum atomic E-state index is 14.8. The molecule has 103 heavy (non-hydrogen) atoms. The number of ketones is 1. The number of H-pyrrole nitrogens is 1. The molecular weight excluding hydrogens is 1330 g/mol. The Balaban J connectivity index is 0.797. The number of nitrogens with zero attached hydrogens (tertiary/aromatic N) is 5. The number of allylic oxidation sites excluding steroid dienone is 3. The number of aliphatic hydroxyl groups is 4. The van der Waals surface area contributed by atoms with Crippen LogP contribution in [0, 0.1) is 50.4 Å². The Morgan fingerprint density at radius 2 is 1.56 bits per heavy atom. The number of aryl methyl sites for hydroxylation is 3. The van der Waals surface area contributed by atoms with E-state index in [-0.39, 0.29) is 73.4 Å². The van der Waals surface area contributed by atoms with Crippen molar-refractivity contribution in [1.82, 2.24) is 35.0 Å². The molecule has 3 amide bonds. The number of carbonyl (C=O) groups excluding carboxylic acids is 5. The number of piperidine rings is 1. The summed E-state index contributed by atoms with van der Waals surface area (Å²) in [5.41, 5.74) is 7.73. The molecule has 7 N–H and O–H groups in total. The minimum absolute atomic E-state index is 0.0259. The predicted octanol–water partition coefficient (Wildman–Crippen LogP) is 8.84. The summed E-state index contributed by atoms with van der Waals surface area (Å²) >= 11 is 1.66. The molecule has 24 heteroatoms. The molecule has 23 nitrogen and oxygen atoms in total. The number of thioether (sulfide) groups is 1. The number of methoxy groups -OCH3 is 3. The Morgan fingerprint density at radius 1 is 0.835 bits per heavy atom. The molecule has 1 unspecified atom stereocenters. The zero-order valence-electron chi connectivity index (χ0n) is 63.0. The van der Waals surface area contributed by atoms with E-state index in [1.165, 1.54) is 4.90 Å². The van der Waals surface area contributed by atoms with Gasteiger partial charge in [0.2, 0.25) is 11.7 Å². The van der Waals surface area contributed by atoms with Crippen molar-refractivity contribution in [3.8, 4) is 11.1 Å². The quantitative estimate of drug-likeness (QED) is 0.0233. The van der Waals surface area contributed by atoms with Crippen LogP contribution in [0.4, 0.5) is 5.82 Å². The number of aromatic amines is 1. The third kappa shape index (κ3) is 20.0. The molecule has 0 spiro atoms. The standard InChI is InChI=1S/C79H116N8O15S/c1-46(2)87-45-51(7)71-59(75(93)82-44-60-49(5)36-53(9)83-76(60)94)40-58(41-62(71)87)57-20-22-69(81-43-57)85-29-27-84(28-30-85)26-24-80-70(91)23-32-103-31-16-17-56-34-47(3)33-48(4)35-67(99-12)73-68(100-13)38-52(8)79(97,102-73)74(92)77(95)86-25-15-14-18-61(86)78(96)101-72(54(10)64(89)42-65(56)90)50(6)37-55-19-21-63(88)66(39-55)98-11/h20,22,34,36-37,40-41,43,45-46,48,52,54-56,61,63-64,66-68,72-74,88-89,92,97H,14-19,21,23-33,35,38-39,42,44H2,1-13H3,(H,80,91)(H,82,93)(H,83,94)/b47-34+,50-37+/t48-,52+,54+,55-,56+,61-,63+,64-,66+,67-,68-,72+,73+,74?,79+/m0/s1. The van der Waals surface area contributed by atoms with E-state index in [2.05, 4.69) is 69.1 Å². The van der Waals surface area contributed by atoms with E-state index in [9.17, 15) is 49.2 Å². The molecule has 9 rings (SSSR count). The van der Waals surface area contributed by atoms with Crippen LogP contribution in [-0.4, -0.2) is 214 Å². The highest BCUT2D eigenvalue weighted by Gasteiger charge is 2.56. The fraction of sp³-hybridized carbons (Fsp3) is 0.658. The number of Topliss-reactive ketones (excluding diaryl/α,β-unsaturated/α-hetero) is 1. The third-order valence-electron chi connectivity index (χ3n) is 22.3. The molecule has 1 saturated carbocycles. The molecule has 3 aromatic heterocycles. The molecular formula is C79H116N8O15S. The zero-order valence-corrected chi connectivity index (χ0v) is 63.9. The number of esters is 1. The fourth-order valence-corrected chi connectivity index (χ4v) is 17.1. The number of anilines is 1. The van der Waals surface area contributed by atoms with Gasteiger partial charge in [0.15, 0.2) is 6.10 Å². The smallest absolute Gasteiger partial charge is 0.329 e. The molecule has 3 saturated heterocycles. The van der Waals surface area contributed by atoms with Crippen LogP contribution in [0.2, 0.25) is 0 Å². The number of cyclic esters (lactones) is 1. The van der Waals surface area contributed by atoms with Crippen LogP contribution in [0.15, 0.2) is 70.8 Å². The van der Waals surface area contributed by atoms with Crippen LogP contribution in [0.5, 0.6) is 0 Å². The lowest BCUT2D eigenvalue weighted by Crippen LogP contribution is -2.66. The number of amides is 3. The zero-order chi connectivity index (χ0) is 74.6. The van der Waals surface area contributed by atoms with Crippen LogP contribution >= 0.6 is 11.8 Å². The lowest BCUT2D eigenvalue weighted by molar-refractivity contribution is -0.346. The normalized spacial score (nSPS) is 29.8. The van der Waals surface area contributed by atoms with Gasteiger partial charge in [-0.3, -0.25) is 28.9 Å². The first-order chi connectivity index (χ1) is 49.1. The number of fused-ring (bicyclic) bond motifs is 4. The SMILES string of the molecule is CO[C@H]1C[C@@H](C)C/C(C)=C/[C@@H](CCCSCCC(=O)NCCN2CCN(c3ccc(-c4cc(C(=O)NCc5c(C)cc(C)[nH]c5=O)c5c(C)cn(C(C)C)c5c4)cn3)CC2)C(=O)C[C@H](O)[C@@H](C)[C@@H](/C(C)=C/[C@@H]2CC[C@@H](O)[C@H](OC)C2)OC(=O)[C@@H]2CCCCN2C(=O)C(O)[C@]2(O)O[C@H]1[C@@H](OC)C[C@H]2C. The Hall–Kier alpha value is -6.32. The van der Waals surface area contributed by atoms with Crippen molar-refractivity contribution in [3.05, 3.63) is 104 Å². The maximum absolute atomic E-state index is 14.8. The van der Waals surface area contributed by atoms with E-state index in [0.717, 1.165) is 76.4 Å². The summed E-state index contributed by atoms with van der Waals surface area (Å²) in [4.78, 5) is 97.9. The van der Waals surface area contributed by atoms with Crippen LogP contribution in [0.1, 0.15) is 171 Å². The van der Waals surface area contributed by atoms with Gasteiger partial charge in [-0.1, -0.05) is 38.5 Å². The average molecular weight is 1450 g/mol. The van der Waals surface area contributed by atoms with E-state index in [1.807, 2.05) is 71.2 Å². The summed E-state index contributed by atoms with van der Waals surface area (Å²) in [7, 11) is 4.67. The Labute approximate surface area is 612 Å². The summed E-state index contributed by atoms with van der Waals surface area (Å²) in [6.07, 6.45) is 6.09. The van der Waals surface area contributed by atoms with E-state index < -0.39 is 90.3 Å².